The Bertz CT molecular complexity index is 859. The van der Waals surface area contributed by atoms with Crippen molar-refractivity contribution in [3.8, 4) is 16.9 Å². The van der Waals surface area contributed by atoms with E-state index in [2.05, 4.69) is 10.4 Å². The first kappa shape index (κ1) is 16.7. The van der Waals surface area contributed by atoms with E-state index in [1.165, 1.54) is 12.1 Å². The van der Waals surface area contributed by atoms with Crippen molar-refractivity contribution < 1.29 is 13.9 Å². The fraction of sp³-hybridized carbons (Fsp3) is 0.158. The van der Waals surface area contributed by atoms with Crippen LogP contribution in [0.2, 0.25) is 0 Å². The molecule has 0 fully saturated rings. The van der Waals surface area contributed by atoms with E-state index < -0.39 is 0 Å². The zero-order chi connectivity index (χ0) is 17.6. The molecule has 0 unspecified atom stereocenters. The lowest BCUT2D eigenvalue weighted by Gasteiger charge is -2.07. The Morgan fingerprint density at radius 3 is 2.76 bits per heavy atom. The van der Waals surface area contributed by atoms with Crippen LogP contribution in [-0.2, 0) is 17.9 Å². The van der Waals surface area contributed by atoms with Crippen molar-refractivity contribution in [1.82, 2.24) is 15.1 Å². The van der Waals surface area contributed by atoms with Crippen molar-refractivity contribution in [2.45, 2.75) is 13.2 Å². The molecule has 0 saturated carbocycles. The number of benzene rings is 2. The van der Waals surface area contributed by atoms with Gasteiger partial charge in [0.1, 0.15) is 24.7 Å². The minimum absolute atomic E-state index is 0.106. The molecule has 0 radical (unpaired) electrons. The van der Waals surface area contributed by atoms with Crippen LogP contribution in [0.4, 0.5) is 4.39 Å². The molecule has 3 rings (SSSR count). The molecule has 0 saturated heterocycles. The third-order valence-corrected chi connectivity index (χ3v) is 3.70. The summed E-state index contributed by atoms with van der Waals surface area (Å²) < 4.78 is 20.3. The maximum absolute atomic E-state index is 12.9. The average Bonchev–Trinajstić information content (AvgIpc) is 3.10. The molecule has 25 heavy (non-hydrogen) atoms. The van der Waals surface area contributed by atoms with Gasteiger partial charge in [-0.15, -0.1) is 0 Å². The lowest BCUT2D eigenvalue weighted by Crippen LogP contribution is -2.23. The molecule has 0 atom stereocenters. The number of likely N-dealkylation sites (N-methyl/N-ethyl adjacent to an activating group) is 1. The Labute approximate surface area is 145 Å². The van der Waals surface area contributed by atoms with Crippen molar-refractivity contribution in [2.75, 3.05) is 7.05 Å². The highest BCUT2D eigenvalue weighted by Gasteiger charge is 2.06. The van der Waals surface area contributed by atoms with E-state index in [-0.39, 0.29) is 18.3 Å². The number of ether oxygens (including phenoxy) is 1. The zero-order valence-corrected chi connectivity index (χ0v) is 13.8. The normalized spacial score (nSPS) is 10.5. The number of hydrogen-bond donors (Lipinski definition) is 1. The largest absolute Gasteiger partial charge is 0.489 e. The summed E-state index contributed by atoms with van der Waals surface area (Å²) in [7, 11) is 1.59. The van der Waals surface area contributed by atoms with Crippen LogP contribution in [0.5, 0.6) is 5.75 Å². The van der Waals surface area contributed by atoms with E-state index in [4.69, 9.17) is 4.74 Å². The van der Waals surface area contributed by atoms with Gasteiger partial charge in [0, 0.05) is 18.8 Å². The van der Waals surface area contributed by atoms with Gasteiger partial charge in [0.05, 0.1) is 6.20 Å². The molecule has 1 amide bonds. The summed E-state index contributed by atoms with van der Waals surface area (Å²) in [6.45, 7) is 0.539. The Morgan fingerprint density at radius 2 is 2.00 bits per heavy atom. The maximum atomic E-state index is 12.9. The monoisotopic (exact) mass is 339 g/mol. The lowest BCUT2D eigenvalue weighted by molar-refractivity contribution is -0.121. The topological polar surface area (TPSA) is 56.2 Å². The van der Waals surface area contributed by atoms with Gasteiger partial charge in [-0.2, -0.15) is 5.10 Å². The van der Waals surface area contributed by atoms with Gasteiger partial charge >= 0.3 is 0 Å². The SMILES string of the molecule is CNC(=O)Cn1cc(-c2cccc(OCc3ccc(F)cc3)c2)cn1. The number of carbonyl (C=O) groups is 1. The number of halogens is 1. The van der Waals surface area contributed by atoms with Crippen molar-refractivity contribution in [1.29, 1.82) is 0 Å². The Balaban J connectivity index is 1.68. The quantitative estimate of drug-likeness (QED) is 0.751. The molecular weight excluding hydrogens is 321 g/mol. The first-order valence-electron chi connectivity index (χ1n) is 7.85. The van der Waals surface area contributed by atoms with Crippen LogP contribution < -0.4 is 10.1 Å². The van der Waals surface area contributed by atoms with Crippen LogP contribution in [0.1, 0.15) is 5.56 Å². The first-order chi connectivity index (χ1) is 12.1. The fourth-order valence-electron chi connectivity index (χ4n) is 2.34. The molecule has 5 nitrogen and oxygen atoms in total. The second-order valence-corrected chi connectivity index (χ2v) is 5.54. The van der Waals surface area contributed by atoms with Crippen LogP contribution in [-0.4, -0.2) is 22.7 Å². The van der Waals surface area contributed by atoms with Gasteiger partial charge in [-0.05, 0) is 35.4 Å². The molecule has 1 N–H and O–H groups in total. The Hall–Kier alpha value is -3.15. The van der Waals surface area contributed by atoms with Crippen LogP contribution in [0.25, 0.3) is 11.1 Å². The van der Waals surface area contributed by atoms with Crippen molar-refractivity contribution >= 4 is 5.91 Å². The second-order valence-electron chi connectivity index (χ2n) is 5.54. The molecule has 0 spiro atoms. The highest BCUT2D eigenvalue weighted by molar-refractivity contribution is 5.75. The lowest BCUT2D eigenvalue weighted by atomic mass is 10.1. The van der Waals surface area contributed by atoms with Crippen molar-refractivity contribution in [3.05, 3.63) is 72.3 Å². The van der Waals surface area contributed by atoms with E-state index in [1.54, 1.807) is 30.1 Å². The third kappa shape index (κ3) is 4.44. The number of carbonyl (C=O) groups excluding carboxylic acids is 1. The van der Waals surface area contributed by atoms with E-state index in [0.717, 1.165) is 16.7 Å². The molecule has 0 aliphatic rings. The number of nitrogens with zero attached hydrogens (tertiary/aromatic N) is 2. The molecular formula is C19H18FN3O2. The van der Waals surface area contributed by atoms with Gasteiger partial charge in [0.25, 0.3) is 0 Å². The van der Waals surface area contributed by atoms with Crippen LogP contribution in [0.15, 0.2) is 60.9 Å². The first-order valence-corrected chi connectivity index (χ1v) is 7.85. The van der Waals surface area contributed by atoms with Crippen LogP contribution >= 0.6 is 0 Å². The van der Waals surface area contributed by atoms with Gasteiger partial charge in [-0.1, -0.05) is 24.3 Å². The van der Waals surface area contributed by atoms with E-state index in [9.17, 15) is 9.18 Å². The Kier molecular flexibility index (Phi) is 5.09. The van der Waals surface area contributed by atoms with E-state index >= 15 is 0 Å². The maximum Gasteiger partial charge on any atom is 0.241 e. The van der Waals surface area contributed by atoms with Gasteiger partial charge in [-0.3, -0.25) is 9.48 Å². The number of nitrogens with one attached hydrogen (secondary N) is 1. The van der Waals surface area contributed by atoms with E-state index in [0.29, 0.717) is 12.4 Å². The summed E-state index contributed by atoms with van der Waals surface area (Å²) >= 11 is 0. The number of rotatable bonds is 6. The van der Waals surface area contributed by atoms with Gasteiger partial charge in [0.2, 0.25) is 5.91 Å². The van der Waals surface area contributed by atoms with Gasteiger partial charge in [-0.25, -0.2) is 4.39 Å². The molecule has 1 heterocycles. The predicted octanol–water partition coefficient (Wildman–Crippen LogP) is 3.01. The zero-order valence-electron chi connectivity index (χ0n) is 13.8. The highest BCUT2D eigenvalue weighted by Crippen LogP contribution is 2.24. The third-order valence-electron chi connectivity index (χ3n) is 3.70. The summed E-state index contributed by atoms with van der Waals surface area (Å²) in [5.41, 5.74) is 2.74. The molecule has 0 aliphatic carbocycles. The minimum Gasteiger partial charge on any atom is -0.489 e. The van der Waals surface area contributed by atoms with Crippen LogP contribution in [0.3, 0.4) is 0 Å². The Morgan fingerprint density at radius 1 is 1.20 bits per heavy atom. The molecule has 1 aromatic heterocycles. The van der Waals surface area contributed by atoms with Crippen LogP contribution in [0, 0.1) is 5.82 Å². The smallest absolute Gasteiger partial charge is 0.241 e. The number of amides is 1. The molecule has 6 heteroatoms. The molecule has 128 valence electrons. The summed E-state index contributed by atoms with van der Waals surface area (Å²) in [6, 6.07) is 13.8. The molecule has 0 bridgehead atoms. The highest BCUT2D eigenvalue weighted by atomic mass is 19.1. The standard InChI is InChI=1S/C19H18FN3O2/c1-21-19(24)12-23-11-16(10-22-23)15-3-2-4-18(9-15)25-13-14-5-7-17(20)8-6-14/h2-11H,12-13H2,1H3,(H,21,24). The molecule has 3 aromatic rings. The summed E-state index contributed by atoms with van der Waals surface area (Å²) in [4.78, 5) is 11.4. The number of hydrogen-bond acceptors (Lipinski definition) is 3. The fourth-order valence-corrected chi connectivity index (χ4v) is 2.34. The van der Waals surface area contributed by atoms with Crippen molar-refractivity contribution in [2.24, 2.45) is 0 Å². The summed E-state index contributed by atoms with van der Waals surface area (Å²) in [6.07, 6.45) is 3.52. The number of aromatic nitrogens is 2. The second kappa shape index (κ2) is 7.61. The average molecular weight is 339 g/mol. The molecule has 0 aliphatic heterocycles. The van der Waals surface area contributed by atoms with Gasteiger partial charge in [0.15, 0.2) is 0 Å². The molecule has 2 aromatic carbocycles. The van der Waals surface area contributed by atoms with Gasteiger partial charge < -0.3 is 10.1 Å². The van der Waals surface area contributed by atoms with Crippen molar-refractivity contribution in [3.63, 3.8) is 0 Å². The van der Waals surface area contributed by atoms with E-state index in [1.807, 2.05) is 30.5 Å². The summed E-state index contributed by atoms with van der Waals surface area (Å²) in [5.74, 6) is 0.339. The summed E-state index contributed by atoms with van der Waals surface area (Å²) in [5, 5.41) is 6.76. The predicted molar refractivity (Wildman–Crippen MR) is 92.5 cm³/mol. The minimum atomic E-state index is -0.264.